The van der Waals surface area contributed by atoms with Crippen LogP contribution in [0.15, 0.2) is 23.4 Å². The van der Waals surface area contributed by atoms with Crippen LogP contribution in [0.1, 0.15) is 34.6 Å². The molecule has 2 heteroatoms. The Labute approximate surface area is 101 Å². The van der Waals surface area contributed by atoms with E-state index in [0.717, 1.165) is 13.1 Å². The molecule has 16 heavy (non-hydrogen) atoms. The predicted octanol–water partition coefficient (Wildman–Crippen LogP) is 2.88. The van der Waals surface area contributed by atoms with Gasteiger partial charge in [0.15, 0.2) is 0 Å². The van der Waals surface area contributed by atoms with Gasteiger partial charge in [-0.15, -0.1) is 0 Å². The van der Waals surface area contributed by atoms with Gasteiger partial charge in [0.2, 0.25) is 0 Å². The quantitative estimate of drug-likeness (QED) is 0.663. The number of rotatable bonds is 2. The van der Waals surface area contributed by atoms with Gasteiger partial charge in [0.25, 0.3) is 0 Å². The Bertz CT molecular complexity index is 275. The Hall–Kier alpha value is -0.760. The van der Waals surface area contributed by atoms with Crippen LogP contribution in [-0.4, -0.2) is 42.0 Å². The standard InChI is InChI=1S/C14H26N2/c1-7-8-14(11(2)3)16-9-12(4)15(6)13(5)10-16/h7-8,12-13H,9-10H2,1-6H3/b8-7-. The summed E-state index contributed by atoms with van der Waals surface area (Å²) in [6.07, 6.45) is 4.37. The van der Waals surface area contributed by atoms with E-state index in [4.69, 9.17) is 0 Å². The van der Waals surface area contributed by atoms with Crippen molar-refractivity contribution in [3.05, 3.63) is 23.4 Å². The lowest BCUT2D eigenvalue weighted by molar-refractivity contribution is 0.0819. The lowest BCUT2D eigenvalue weighted by atomic mass is 10.1. The summed E-state index contributed by atoms with van der Waals surface area (Å²) in [7, 11) is 2.23. The normalized spacial score (nSPS) is 27.5. The van der Waals surface area contributed by atoms with Gasteiger partial charge in [-0.2, -0.15) is 0 Å². The Kier molecular flexibility index (Phi) is 4.60. The minimum Gasteiger partial charge on any atom is -0.368 e. The van der Waals surface area contributed by atoms with Crippen LogP contribution in [0.5, 0.6) is 0 Å². The average molecular weight is 222 g/mol. The van der Waals surface area contributed by atoms with E-state index in [1.54, 1.807) is 0 Å². The fraction of sp³-hybridized carbons (Fsp3) is 0.714. The summed E-state index contributed by atoms with van der Waals surface area (Å²) in [5.74, 6) is 0. The van der Waals surface area contributed by atoms with E-state index >= 15 is 0 Å². The molecule has 0 aromatic heterocycles. The van der Waals surface area contributed by atoms with Gasteiger partial charge in [0.1, 0.15) is 0 Å². The molecule has 1 rings (SSSR count). The van der Waals surface area contributed by atoms with Gasteiger partial charge in [-0.1, -0.05) is 11.6 Å². The first kappa shape index (κ1) is 13.3. The monoisotopic (exact) mass is 222 g/mol. The molecule has 0 spiro atoms. The molecule has 2 nitrogen and oxygen atoms in total. The van der Waals surface area contributed by atoms with Crippen LogP contribution in [-0.2, 0) is 0 Å². The van der Waals surface area contributed by atoms with Crippen molar-refractivity contribution in [1.82, 2.24) is 9.80 Å². The van der Waals surface area contributed by atoms with Crippen molar-refractivity contribution in [2.45, 2.75) is 46.7 Å². The Morgan fingerprint density at radius 1 is 1.12 bits per heavy atom. The summed E-state index contributed by atoms with van der Waals surface area (Å²) in [6.45, 7) is 13.4. The van der Waals surface area contributed by atoms with E-state index < -0.39 is 0 Å². The van der Waals surface area contributed by atoms with Gasteiger partial charge in [-0.3, -0.25) is 4.90 Å². The summed E-state index contributed by atoms with van der Waals surface area (Å²) in [5, 5.41) is 0. The van der Waals surface area contributed by atoms with Gasteiger partial charge in [0, 0.05) is 30.9 Å². The highest BCUT2D eigenvalue weighted by Gasteiger charge is 2.27. The third-order valence-electron chi connectivity index (χ3n) is 3.54. The third-order valence-corrected chi connectivity index (χ3v) is 3.54. The second-order valence-electron chi connectivity index (χ2n) is 5.15. The van der Waals surface area contributed by atoms with Crippen LogP contribution < -0.4 is 0 Å². The van der Waals surface area contributed by atoms with Crippen LogP contribution in [0.4, 0.5) is 0 Å². The van der Waals surface area contributed by atoms with E-state index in [1.165, 1.54) is 11.3 Å². The Morgan fingerprint density at radius 2 is 1.62 bits per heavy atom. The van der Waals surface area contributed by atoms with Crippen LogP contribution in [0.3, 0.4) is 0 Å². The number of likely N-dealkylation sites (N-methyl/N-ethyl adjacent to an activating group) is 1. The molecule has 0 aliphatic carbocycles. The van der Waals surface area contributed by atoms with Crippen molar-refractivity contribution < 1.29 is 0 Å². The van der Waals surface area contributed by atoms with Crippen molar-refractivity contribution in [1.29, 1.82) is 0 Å². The van der Waals surface area contributed by atoms with E-state index in [9.17, 15) is 0 Å². The summed E-state index contributed by atoms with van der Waals surface area (Å²) < 4.78 is 0. The zero-order valence-electron chi connectivity index (χ0n) is 11.6. The molecule has 0 N–H and O–H groups in total. The van der Waals surface area contributed by atoms with E-state index in [1.807, 2.05) is 0 Å². The number of allylic oxidation sites excluding steroid dienone is 3. The molecule has 92 valence electrons. The number of piperazine rings is 1. The minimum absolute atomic E-state index is 0.628. The van der Waals surface area contributed by atoms with Gasteiger partial charge in [0.05, 0.1) is 0 Å². The summed E-state index contributed by atoms with van der Waals surface area (Å²) >= 11 is 0. The average Bonchev–Trinajstić information content (AvgIpc) is 2.21. The highest BCUT2D eigenvalue weighted by Crippen LogP contribution is 2.20. The maximum absolute atomic E-state index is 2.52. The largest absolute Gasteiger partial charge is 0.368 e. The summed E-state index contributed by atoms with van der Waals surface area (Å²) in [5.41, 5.74) is 2.80. The van der Waals surface area contributed by atoms with Crippen LogP contribution in [0.2, 0.25) is 0 Å². The molecular formula is C14H26N2. The minimum atomic E-state index is 0.628. The first-order valence-corrected chi connectivity index (χ1v) is 6.24. The molecule has 0 amide bonds. The molecule has 0 aromatic carbocycles. The molecular weight excluding hydrogens is 196 g/mol. The first-order chi connectivity index (χ1) is 7.47. The predicted molar refractivity (Wildman–Crippen MR) is 71.4 cm³/mol. The molecule has 0 radical (unpaired) electrons. The van der Waals surface area contributed by atoms with Crippen LogP contribution >= 0.6 is 0 Å². The third kappa shape index (κ3) is 2.88. The number of hydrogen-bond donors (Lipinski definition) is 0. The van der Waals surface area contributed by atoms with Crippen molar-refractivity contribution >= 4 is 0 Å². The fourth-order valence-corrected chi connectivity index (χ4v) is 2.35. The summed E-state index contributed by atoms with van der Waals surface area (Å²) in [4.78, 5) is 4.99. The lowest BCUT2D eigenvalue weighted by Crippen LogP contribution is -2.54. The molecule has 1 heterocycles. The lowest BCUT2D eigenvalue weighted by Gasteiger charge is -2.44. The van der Waals surface area contributed by atoms with Crippen molar-refractivity contribution in [2.75, 3.05) is 20.1 Å². The number of hydrogen-bond acceptors (Lipinski definition) is 2. The molecule has 1 fully saturated rings. The highest BCUT2D eigenvalue weighted by molar-refractivity contribution is 5.23. The second-order valence-corrected chi connectivity index (χ2v) is 5.15. The van der Waals surface area contributed by atoms with Gasteiger partial charge in [-0.25, -0.2) is 0 Å². The molecule has 1 aliphatic heterocycles. The number of nitrogens with zero attached hydrogens (tertiary/aromatic N) is 2. The van der Waals surface area contributed by atoms with E-state index in [0.29, 0.717) is 12.1 Å². The van der Waals surface area contributed by atoms with Crippen molar-refractivity contribution in [2.24, 2.45) is 0 Å². The maximum Gasteiger partial charge on any atom is 0.0350 e. The highest BCUT2D eigenvalue weighted by atomic mass is 15.3. The maximum atomic E-state index is 2.52. The van der Waals surface area contributed by atoms with Gasteiger partial charge >= 0.3 is 0 Å². The van der Waals surface area contributed by atoms with Crippen LogP contribution in [0, 0.1) is 0 Å². The molecule has 0 bridgehead atoms. The zero-order valence-corrected chi connectivity index (χ0v) is 11.6. The van der Waals surface area contributed by atoms with Crippen LogP contribution in [0.25, 0.3) is 0 Å². The molecule has 0 aromatic rings. The smallest absolute Gasteiger partial charge is 0.0350 e. The fourth-order valence-electron chi connectivity index (χ4n) is 2.35. The SMILES string of the molecule is C/C=C\C(=C(C)C)N1CC(C)N(C)C(C)C1. The van der Waals surface area contributed by atoms with E-state index in [-0.39, 0.29) is 0 Å². The second kappa shape index (κ2) is 5.53. The van der Waals surface area contributed by atoms with Gasteiger partial charge < -0.3 is 4.90 Å². The molecule has 0 saturated carbocycles. The van der Waals surface area contributed by atoms with Gasteiger partial charge in [-0.05, 0) is 47.7 Å². The Balaban J connectivity index is 2.85. The van der Waals surface area contributed by atoms with Crippen molar-refractivity contribution in [3.8, 4) is 0 Å². The molecule has 2 atom stereocenters. The topological polar surface area (TPSA) is 6.48 Å². The summed E-state index contributed by atoms with van der Waals surface area (Å²) in [6, 6.07) is 1.26. The first-order valence-electron chi connectivity index (χ1n) is 6.24. The molecule has 1 saturated heterocycles. The molecule has 1 aliphatic rings. The van der Waals surface area contributed by atoms with E-state index in [2.05, 4.69) is 63.6 Å². The molecule has 2 unspecified atom stereocenters. The zero-order chi connectivity index (χ0) is 12.3. The Morgan fingerprint density at radius 3 is 2.00 bits per heavy atom. The van der Waals surface area contributed by atoms with Crippen molar-refractivity contribution in [3.63, 3.8) is 0 Å².